The smallest absolute Gasteiger partial charge is 0.237 e. The van der Waals surface area contributed by atoms with Crippen molar-refractivity contribution in [3.8, 4) is 5.75 Å². The van der Waals surface area contributed by atoms with Crippen LogP contribution in [-0.4, -0.2) is 73.8 Å². The van der Waals surface area contributed by atoms with Gasteiger partial charge in [-0.15, -0.1) is 0 Å². The summed E-state index contributed by atoms with van der Waals surface area (Å²) in [5.41, 5.74) is 2.39. The monoisotopic (exact) mass is 465 g/mol. The van der Waals surface area contributed by atoms with Crippen LogP contribution >= 0.6 is 0 Å². The van der Waals surface area contributed by atoms with Gasteiger partial charge in [0.2, 0.25) is 11.8 Å². The first kappa shape index (κ1) is 23.1. The summed E-state index contributed by atoms with van der Waals surface area (Å²) in [4.78, 5) is 45.3. The predicted octanol–water partition coefficient (Wildman–Crippen LogP) is 2.90. The molecule has 0 N–H and O–H groups in total. The lowest BCUT2D eigenvalue weighted by molar-refractivity contribution is -0.140. The number of allylic oxidation sites excluding steroid dienone is 1. The fourth-order valence-corrected chi connectivity index (χ4v) is 6.77. The third kappa shape index (κ3) is 3.74. The van der Waals surface area contributed by atoms with E-state index in [1.807, 2.05) is 32.0 Å². The third-order valence-electron chi connectivity index (χ3n) is 8.36. The van der Waals surface area contributed by atoms with Crippen molar-refractivity contribution in [2.24, 2.45) is 17.3 Å². The number of imide groups is 1. The van der Waals surface area contributed by atoms with Crippen molar-refractivity contribution in [2.45, 2.75) is 39.5 Å². The highest BCUT2D eigenvalue weighted by Crippen LogP contribution is 2.57. The number of amides is 2. The van der Waals surface area contributed by atoms with Crippen LogP contribution in [0.1, 0.15) is 39.5 Å². The average molecular weight is 466 g/mol. The molecule has 0 aromatic heterocycles. The van der Waals surface area contributed by atoms with E-state index in [2.05, 4.69) is 15.9 Å². The lowest BCUT2D eigenvalue weighted by Crippen LogP contribution is -2.48. The summed E-state index contributed by atoms with van der Waals surface area (Å²) in [6, 6.07) is 8.14. The van der Waals surface area contributed by atoms with Gasteiger partial charge in [-0.3, -0.25) is 24.2 Å². The number of piperazine rings is 1. The Balaban J connectivity index is 1.12. The predicted molar refractivity (Wildman–Crippen MR) is 130 cm³/mol. The van der Waals surface area contributed by atoms with Gasteiger partial charge in [0.05, 0.1) is 24.6 Å². The highest BCUT2D eigenvalue weighted by molar-refractivity contribution is 6.15. The van der Waals surface area contributed by atoms with Crippen LogP contribution in [0.25, 0.3) is 0 Å². The Morgan fingerprint density at radius 2 is 1.68 bits per heavy atom. The number of anilines is 1. The molecule has 1 saturated carbocycles. The van der Waals surface area contributed by atoms with Crippen molar-refractivity contribution in [1.82, 2.24) is 9.80 Å². The van der Waals surface area contributed by atoms with Crippen LogP contribution in [0, 0.1) is 17.3 Å². The molecule has 3 aliphatic carbocycles. The maximum absolute atomic E-state index is 13.2. The van der Waals surface area contributed by atoms with E-state index in [-0.39, 0.29) is 23.5 Å². The maximum Gasteiger partial charge on any atom is 0.237 e. The van der Waals surface area contributed by atoms with Crippen molar-refractivity contribution >= 4 is 23.3 Å². The molecule has 3 atom stereocenters. The van der Waals surface area contributed by atoms with E-state index in [4.69, 9.17) is 4.74 Å². The minimum atomic E-state index is -0.532. The van der Waals surface area contributed by atoms with Gasteiger partial charge in [0.1, 0.15) is 5.75 Å². The number of hydrogen-bond donors (Lipinski definition) is 0. The van der Waals surface area contributed by atoms with Crippen molar-refractivity contribution in [1.29, 1.82) is 0 Å². The highest BCUT2D eigenvalue weighted by atomic mass is 16.5. The van der Waals surface area contributed by atoms with E-state index >= 15 is 0 Å². The number of carbonyl (C=O) groups excluding carboxylic acids is 3. The summed E-state index contributed by atoms with van der Waals surface area (Å²) in [5, 5.41) is 0. The molecule has 3 unspecified atom stereocenters. The molecule has 7 nitrogen and oxygen atoms in total. The van der Waals surface area contributed by atoms with Gasteiger partial charge in [-0.25, -0.2) is 0 Å². The summed E-state index contributed by atoms with van der Waals surface area (Å²) >= 11 is 0. The lowest BCUT2D eigenvalue weighted by Gasteiger charge is -2.46. The van der Waals surface area contributed by atoms with Gasteiger partial charge in [0, 0.05) is 44.7 Å². The quantitative estimate of drug-likeness (QED) is 0.456. The molecule has 0 radical (unpaired) electrons. The second-order valence-electron chi connectivity index (χ2n) is 10.6. The Hall–Kier alpha value is -2.67. The summed E-state index contributed by atoms with van der Waals surface area (Å²) < 4.78 is 5.50. The zero-order chi connectivity index (χ0) is 24.0. The number of unbranched alkanes of at least 4 members (excludes halogenated alkanes) is 1. The fourth-order valence-electron chi connectivity index (χ4n) is 6.77. The number of nitrogens with zero attached hydrogens (tertiary/aromatic N) is 3. The van der Waals surface area contributed by atoms with Gasteiger partial charge in [-0.2, -0.15) is 0 Å². The molecule has 182 valence electrons. The van der Waals surface area contributed by atoms with Crippen LogP contribution in [0.3, 0.4) is 0 Å². The van der Waals surface area contributed by atoms with Crippen LogP contribution in [0.2, 0.25) is 0 Å². The molecule has 7 heteroatoms. The van der Waals surface area contributed by atoms with Crippen LogP contribution in [0.5, 0.6) is 5.75 Å². The number of rotatable bonds is 7. The number of carbonyl (C=O) groups is 3. The highest BCUT2D eigenvalue weighted by Gasteiger charge is 2.63. The Bertz CT molecular complexity index is 1040. The Labute approximate surface area is 201 Å². The minimum absolute atomic E-state index is 0.0552. The Morgan fingerprint density at radius 3 is 2.38 bits per heavy atom. The number of methoxy groups -OCH3 is 1. The average Bonchev–Trinajstić information content (AvgIpc) is 3.07. The number of hydrogen-bond acceptors (Lipinski definition) is 6. The summed E-state index contributed by atoms with van der Waals surface area (Å²) in [7, 11) is 1.71. The second-order valence-corrected chi connectivity index (χ2v) is 10.6. The maximum atomic E-state index is 13.2. The number of fused-ring (bicyclic) bond motifs is 2. The number of ether oxygens (including phenoxy) is 1. The fraction of sp³-hybridized carbons (Fsp3) is 0.593. The van der Waals surface area contributed by atoms with Gasteiger partial charge in [0.25, 0.3) is 0 Å². The minimum Gasteiger partial charge on any atom is -0.495 e. The van der Waals surface area contributed by atoms with E-state index in [1.54, 1.807) is 7.11 Å². The van der Waals surface area contributed by atoms with Gasteiger partial charge in [0.15, 0.2) is 5.78 Å². The SMILES string of the molecule is COc1ccccc1N1CCN(CCCCN2C(=O)C3C4=C(C)CC(C)(CC4=O)C3C2=O)CC1. The third-order valence-corrected chi connectivity index (χ3v) is 8.36. The molecule has 2 heterocycles. The van der Waals surface area contributed by atoms with E-state index in [9.17, 15) is 14.4 Å². The number of likely N-dealkylation sites (tertiary alicyclic amines) is 1. The zero-order valence-electron chi connectivity index (χ0n) is 20.5. The molecule has 3 fully saturated rings. The van der Waals surface area contributed by atoms with Gasteiger partial charge < -0.3 is 9.64 Å². The first-order valence-electron chi connectivity index (χ1n) is 12.5. The molecule has 5 aliphatic rings. The second kappa shape index (κ2) is 8.84. The standard InChI is InChI=1S/C27H35N3O4/c1-18-16-27(2)17-20(31)22(18)23-24(27)26(33)30(25(23)32)11-7-6-10-28-12-14-29(15-13-28)19-8-4-5-9-21(19)34-3/h4-5,8-9,23-24H,6-7,10-17H2,1-3H3. The molecule has 2 saturated heterocycles. The molecule has 1 aromatic carbocycles. The molecule has 2 aliphatic heterocycles. The van der Waals surface area contributed by atoms with Crippen LogP contribution in [0.4, 0.5) is 5.69 Å². The Kier molecular flexibility index (Phi) is 6.00. The first-order valence-corrected chi connectivity index (χ1v) is 12.5. The van der Waals surface area contributed by atoms with Crippen molar-refractivity contribution in [3.05, 3.63) is 35.4 Å². The Morgan fingerprint density at radius 1 is 0.971 bits per heavy atom. The molecular formula is C27H35N3O4. The topological polar surface area (TPSA) is 70.2 Å². The van der Waals surface area contributed by atoms with E-state index in [0.29, 0.717) is 18.5 Å². The van der Waals surface area contributed by atoms with Gasteiger partial charge in [-0.1, -0.05) is 24.6 Å². The zero-order valence-corrected chi connectivity index (χ0v) is 20.5. The molecule has 2 bridgehead atoms. The lowest BCUT2D eigenvalue weighted by atomic mass is 9.54. The molecule has 6 rings (SSSR count). The van der Waals surface area contributed by atoms with E-state index in [1.165, 1.54) is 4.90 Å². The van der Waals surface area contributed by atoms with Gasteiger partial charge >= 0.3 is 0 Å². The van der Waals surface area contributed by atoms with Crippen molar-refractivity contribution in [3.63, 3.8) is 0 Å². The normalized spacial score (nSPS) is 29.3. The number of para-hydroxylation sites is 2. The molecule has 1 aromatic rings. The van der Waals surface area contributed by atoms with Crippen LogP contribution in [0.15, 0.2) is 35.4 Å². The molecule has 0 spiro atoms. The number of Topliss-reactive ketones (excluding diaryl/α,β-unsaturated/α-hetero) is 1. The van der Waals surface area contributed by atoms with Gasteiger partial charge in [-0.05, 0) is 50.3 Å². The molecular weight excluding hydrogens is 430 g/mol. The number of benzene rings is 1. The molecule has 34 heavy (non-hydrogen) atoms. The molecule has 2 amide bonds. The first-order chi connectivity index (χ1) is 16.3. The largest absolute Gasteiger partial charge is 0.495 e. The summed E-state index contributed by atoms with van der Waals surface area (Å²) in [6.07, 6.45) is 2.89. The summed E-state index contributed by atoms with van der Waals surface area (Å²) in [6.45, 7) is 9.26. The number of ketones is 1. The van der Waals surface area contributed by atoms with Crippen LogP contribution < -0.4 is 9.64 Å². The van der Waals surface area contributed by atoms with E-state index in [0.717, 1.165) is 69.0 Å². The van der Waals surface area contributed by atoms with E-state index < -0.39 is 11.3 Å². The summed E-state index contributed by atoms with van der Waals surface area (Å²) in [5.74, 6) is -0.0987. The van der Waals surface area contributed by atoms with Crippen molar-refractivity contribution < 1.29 is 19.1 Å². The van der Waals surface area contributed by atoms with Crippen molar-refractivity contribution in [2.75, 3.05) is 51.3 Å². The van der Waals surface area contributed by atoms with Crippen LogP contribution in [-0.2, 0) is 14.4 Å².